The number of unbranched alkanes of at least 4 members (excludes halogenated alkanes) is 3. The van der Waals surface area contributed by atoms with Crippen LogP contribution in [0.15, 0.2) is 54.6 Å². The molecule has 1 unspecified atom stereocenters. The fourth-order valence-electron chi connectivity index (χ4n) is 5.38. The number of benzene rings is 3. The Bertz CT molecular complexity index is 1290. The summed E-state index contributed by atoms with van der Waals surface area (Å²) in [4.78, 5) is 15.4. The Kier molecular flexibility index (Phi) is 6.85. The maximum atomic E-state index is 13.1. The van der Waals surface area contributed by atoms with Crippen LogP contribution in [0.2, 0.25) is 5.02 Å². The van der Waals surface area contributed by atoms with Crippen LogP contribution in [-0.2, 0) is 10.3 Å². The van der Waals surface area contributed by atoms with Gasteiger partial charge in [0.1, 0.15) is 11.5 Å². The van der Waals surface area contributed by atoms with Crippen molar-refractivity contribution < 1.29 is 14.3 Å². The van der Waals surface area contributed by atoms with Crippen molar-refractivity contribution in [3.63, 3.8) is 0 Å². The molecule has 0 saturated carbocycles. The van der Waals surface area contributed by atoms with Gasteiger partial charge in [0.2, 0.25) is 0 Å². The molecule has 2 aliphatic rings. The summed E-state index contributed by atoms with van der Waals surface area (Å²) >= 11 is 6.72. The van der Waals surface area contributed by atoms with Crippen molar-refractivity contribution in [3.8, 4) is 11.5 Å². The number of esters is 1. The summed E-state index contributed by atoms with van der Waals surface area (Å²) in [7, 11) is 0. The molecule has 0 radical (unpaired) electrons. The average Bonchev–Trinajstić information content (AvgIpc) is 3.18. The molecule has 3 aromatic rings. The van der Waals surface area contributed by atoms with Crippen molar-refractivity contribution in [2.24, 2.45) is 0 Å². The molecule has 5 rings (SSSR count). The van der Waals surface area contributed by atoms with Gasteiger partial charge in [-0.15, -0.1) is 0 Å². The van der Waals surface area contributed by atoms with E-state index in [9.17, 15) is 4.79 Å². The highest BCUT2D eigenvalue weighted by Crippen LogP contribution is 2.57. The van der Waals surface area contributed by atoms with Crippen LogP contribution < -0.4 is 15.0 Å². The number of nitrogens with one attached hydrogen (secondary N) is 1. The molecule has 1 atom stereocenters. The molecule has 3 aromatic carbocycles. The molecule has 2 heterocycles. The summed E-state index contributed by atoms with van der Waals surface area (Å²) in [6, 6.07) is 17.6. The normalized spacial score (nSPS) is 17.2. The number of carbonyl (C=O) groups is 1. The van der Waals surface area contributed by atoms with Gasteiger partial charge in [0.25, 0.3) is 0 Å². The third-order valence-corrected chi connectivity index (χ3v) is 7.57. The molecule has 188 valence electrons. The number of halogens is 1. The number of ether oxygens (including phenoxy) is 2. The van der Waals surface area contributed by atoms with E-state index in [1.54, 1.807) is 0 Å². The Morgan fingerprint density at radius 2 is 1.67 bits per heavy atom. The molecule has 0 bridgehead atoms. The lowest BCUT2D eigenvalue weighted by Gasteiger charge is -2.37. The van der Waals surface area contributed by atoms with Gasteiger partial charge < -0.3 is 19.7 Å². The van der Waals surface area contributed by atoms with Gasteiger partial charge >= 0.3 is 5.97 Å². The fourth-order valence-corrected chi connectivity index (χ4v) is 5.60. The molecular weight excluding hydrogens is 472 g/mol. The molecule has 5 nitrogen and oxygen atoms in total. The molecular formula is C30H33ClN2O3. The van der Waals surface area contributed by atoms with E-state index in [-0.39, 0.29) is 5.97 Å². The van der Waals surface area contributed by atoms with Crippen LogP contribution in [0, 0.1) is 0 Å². The first kappa shape index (κ1) is 24.5. The SMILES string of the molecule is CCCCCCNc1cc2c(cc1Cl)Oc1cc(N(CC)CC)ccc1C21OC(=O)c2ccccc21. The van der Waals surface area contributed by atoms with Gasteiger partial charge in [-0.3, -0.25) is 0 Å². The second kappa shape index (κ2) is 10.1. The van der Waals surface area contributed by atoms with E-state index in [2.05, 4.69) is 37.1 Å². The van der Waals surface area contributed by atoms with Gasteiger partial charge in [-0.2, -0.15) is 0 Å². The van der Waals surface area contributed by atoms with Gasteiger partial charge in [0, 0.05) is 54.1 Å². The lowest BCUT2D eigenvalue weighted by molar-refractivity contribution is 0.0224. The van der Waals surface area contributed by atoms with Crippen LogP contribution in [0.3, 0.4) is 0 Å². The van der Waals surface area contributed by atoms with Crippen LogP contribution in [0.4, 0.5) is 11.4 Å². The largest absolute Gasteiger partial charge is 0.456 e. The van der Waals surface area contributed by atoms with E-state index in [0.717, 1.165) is 54.1 Å². The number of fused-ring (bicyclic) bond motifs is 6. The van der Waals surface area contributed by atoms with Crippen molar-refractivity contribution in [3.05, 3.63) is 81.9 Å². The van der Waals surface area contributed by atoms with Gasteiger partial charge in [-0.25, -0.2) is 4.79 Å². The summed E-state index contributed by atoms with van der Waals surface area (Å²) in [5.74, 6) is 0.944. The number of carbonyl (C=O) groups excluding carboxylic acids is 1. The highest BCUT2D eigenvalue weighted by atomic mass is 35.5. The van der Waals surface area contributed by atoms with E-state index < -0.39 is 5.60 Å². The van der Waals surface area contributed by atoms with Crippen LogP contribution >= 0.6 is 11.6 Å². The molecule has 0 saturated heterocycles. The number of hydrogen-bond acceptors (Lipinski definition) is 5. The maximum absolute atomic E-state index is 13.1. The lowest BCUT2D eigenvalue weighted by atomic mass is 9.77. The van der Waals surface area contributed by atoms with Crippen molar-refractivity contribution in [1.29, 1.82) is 0 Å². The summed E-state index contributed by atoms with van der Waals surface area (Å²) in [6.07, 6.45) is 4.65. The van der Waals surface area contributed by atoms with Crippen LogP contribution in [0.5, 0.6) is 11.5 Å². The Morgan fingerprint density at radius 3 is 2.44 bits per heavy atom. The van der Waals surface area contributed by atoms with Crippen LogP contribution in [0.25, 0.3) is 0 Å². The van der Waals surface area contributed by atoms with E-state index in [0.29, 0.717) is 22.1 Å². The van der Waals surface area contributed by atoms with E-state index in [1.807, 2.05) is 48.5 Å². The minimum atomic E-state index is -1.10. The predicted molar refractivity (Wildman–Crippen MR) is 146 cm³/mol. The van der Waals surface area contributed by atoms with E-state index >= 15 is 0 Å². The zero-order valence-electron chi connectivity index (χ0n) is 21.2. The quantitative estimate of drug-likeness (QED) is 0.238. The third-order valence-electron chi connectivity index (χ3n) is 7.26. The van der Waals surface area contributed by atoms with Crippen LogP contribution in [-0.4, -0.2) is 25.6 Å². The maximum Gasteiger partial charge on any atom is 0.340 e. The van der Waals surface area contributed by atoms with Gasteiger partial charge in [0.05, 0.1) is 16.3 Å². The van der Waals surface area contributed by atoms with E-state index in [4.69, 9.17) is 21.1 Å². The summed E-state index contributed by atoms with van der Waals surface area (Å²) in [6.45, 7) is 9.06. The molecule has 1 spiro atoms. The zero-order valence-corrected chi connectivity index (χ0v) is 22.0. The molecule has 2 aliphatic heterocycles. The molecule has 36 heavy (non-hydrogen) atoms. The highest BCUT2D eigenvalue weighted by Gasteiger charge is 2.53. The number of anilines is 2. The summed E-state index contributed by atoms with van der Waals surface area (Å²) in [5.41, 5.74) is 3.79. The zero-order chi connectivity index (χ0) is 25.3. The Morgan fingerprint density at radius 1 is 0.889 bits per heavy atom. The Labute approximate surface area is 218 Å². The predicted octanol–water partition coefficient (Wildman–Crippen LogP) is 7.75. The van der Waals surface area contributed by atoms with Crippen molar-refractivity contribution >= 4 is 28.9 Å². The smallest absolute Gasteiger partial charge is 0.340 e. The van der Waals surface area contributed by atoms with Crippen LogP contribution in [0.1, 0.15) is 73.5 Å². The number of hydrogen-bond donors (Lipinski definition) is 1. The van der Waals surface area contributed by atoms with Crippen molar-refractivity contribution in [2.75, 3.05) is 29.9 Å². The van der Waals surface area contributed by atoms with Gasteiger partial charge in [-0.1, -0.05) is 56.0 Å². The summed E-state index contributed by atoms with van der Waals surface area (Å²) < 4.78 is 12.8. The minimum absolute atomic E-state index is 0.332. The Balaban J connectivity index is 1.65. The highest BCUT2D eigenvalue weighted by molar-refractivity contribution is 6.33. The number of rotatable bonds is 9. The fraction of sp³-hybridized carbons (Fsp3) is 0.367. The molecule has 6 heteroatoms. The summed E-state index contributed by atoms with van der Waals surface area (Å²) in [5, 5.41) is 4.08. The second-order valence-corrected chi connectivity index (χ2v) is 9.79. The van der Waals surface area contributed by atoms with E-state index in [1.165, 1.54) is 19.3 Å². The molecule has 0 amide bonds. The molecule has 1 N–H and O–H groups in total. The lowest BCUT2D eigenvalue weighted by Crippen LogP contribution is -2.33. The van der Waals surface area contributed by atoms with Crippen molar-refractivity contribution in [2.45, 2.75) is 52.1 Å². The first-order valence-corrected chi connectivity index (χ1v) is 13.4. The molecule has 0 aromatic heterocycles. The Hall–Kier alpha value is -3.18. The standard InChI is InChI=1S/C30H33ClN2O3/c1-4-7-8-11-16-32-26-18-24-28(19-25(26)31)35-27-17-20(33(5-2)6-3)14-15-23(27)30(24)22-13-10-9-12-21(22)29(34)36-30/h9-10,12-15,17-19,32H,4-8,11,16H2,1-3H3. The third kappa shape index (κ3) is 4.00. The number of nitrogens with zero attached hydrogens (tertiary/aromatic N) is 1. The average molecular weight is 505 g/mol. The van der Waals surface area contributed by atoms with Crippen molar-refractivity contribution in [1.82, 2.24) is 0 Å². The first-order chi connectivity index (χ1) is 17.5. The molecule has 0 fully saturated rings. The van der Waals surface area contributed by atoms with Gasteiger partial charge in [-0.05, 0) is 44.5 Å². The topological polar surface area (TPSA) is 50.8 Å². The monoisotopic (exact) mass is 504 g/mol. The first-order valence-electron chi connectivity index (χ1n) is 13.0. The second-order valence-electron chi connectivity index (χ2n) is 9.39. The van der Waals surface area contributed by atoms with Gasteiger partial charge in [0.15, 0.2) is 5.60 Å². The molecule has 0 aliphatic carbocycles. The minimum Gasteiger partial charge on any atom is -0.456 e.